The first kappa shape index (κ1) is 22.0. The maximum Gasteiger partial charge on any atom is 0.256 e. The van der Waals surface area contributed by atoms with Gasteiger partial charge in [-0.05, 0) is 30.9 Å². The Hall–Kier alpha value is -2.19. The molecule has 0 unspecified atom stereocenters. The minimum atomic E-state index is -0.188. The van der Waals surface area contributed by atoms with Crippen molar-refractivity contribution in [3.8, 4) is 0 Å². The van der Waals surface area contributed by atoms with E-state index in [1.165, 1.54) is 10.4 Å². The van der Waals surface area contributed by atoms with Crippen molar-refractivity contribution in [3.05, 3.63) is 74.2 Å². The van der Waals surface area contributed by atoms with Gasteiger partial charge in [0.15, 0.2) is 0 Å². The fourth-order valence-electron chi connectivity index (χ4n) is 3.84. The Labute approximate surface area is 191 Å². The van der Waals surface area contributed by atoms with Crippen LogP contribution in [0.5, 0.6) is 0 Å². The number of rotatable bonds is 7. The number of benzene rings is 1. The SMILES string of the molecule is Cc1ccc(Cn2nc(C)c(C(=O)NC[C@H](c3cccs3)N3CCOCC3)c2Cl)cc1. The second-order valence-corrected chi connectivity index (χ2v) is 9.12. The molecular formula is C23H27ClN4O2S. The Morgan fingerprint density at radius 3 is 2.65 bits per heavy atom. The van der Waals surface area contributed by atoms with Crippen LogP contribution in [0.25, 0.3) is 0 Å². The lowest BCUT2D eigenvalue weighted by Crippen LogP contribution is -2.43. The molecule has 1 aromatic carbocycles. The van der Waals surface area contributed by atoms with Crippen LogP contribution in [0, 0.1) is 13.8 Å². The highest BCUT2D eigenvalue weighted by Crippen LogP contribution is 2.26. The third-order valence-corrected chi connectivity index (χ3v) is 6.92. The van der Waals surface area contributed by atoms with Crippen molar-refractivity contribution in [2.45, 2.75) is 26.4 Å². The topological polar surface area (TPSA) is 59.4 Å². The molecule has 1 N–H and O–H groups in total. The van der Waals surface area contributed by atoms with Crippen molar-refractivity contribution in [1.82, 2.24) is 20.0 Å². The third-order valence-electron chi connectivity index (χ3n) is 5.56. The van der Waals surface area contributed by atoms with Crippen LogP contribution in [0.2, 0.25) is 5.15 Å². The highest BCUT2D eigenvalue weighted by molar-refractivity contribution is 7.10. The number of aryl methyl sites for hydroxylation is 2. The summed E-state index contributed by atoms with van der Waals surface area (Å²) in [5, 5.41) is 10.1. The molecule has 0 saturated carbocycles. The van der Waals surface area contributed by atoms with Gasteiger partial charge in [-0.15, -0.1) is 11.3 Å². The van der Waals surface area contributed by atoms with Gasteiger partial charge in [0.1, 0.15) is 5.15 Å². The van der Waals surface area contributed by atoms with Gasteiger partial charge in [0.05, 0.1) is 37.1 Å². The minimum absolute atomic E-state index is 0.120. The van der Waals surface area contributed by atoms with E-state index in [4.69, 9.17) is 16.3 Å². The van der Waals surface area contributed by atoms with E-state index in [2.05, 4.69) is 58.0 Å². The molecule has 8 heteroatoms. The van der Waals surface area contributed by atoms with Crippen LogP contribution < -0.4 is 5.32 Å². The number of thiophene rings is 1. The molecule has 0 radical (unpaired) electrons. The average molecular weight is 459 g/mol. The van der Waals surface area contributed by atoms with E-state index in [9.17, 15) is 4.79 Å². The maximum absolute atomic E-state index is 13.1. The van der Waals surface area contributed by atoms with Gasteiger partial charge in [0.25, 0.3) is 5.91 Å². The van der Waals surface area contributed by atoms with E-state index < -0.39 is 0 Å². The van der Waals surface area contributed by atoms with Gasteiger partial charge in [-0.25, -0.2) is 4.68 Å². The number of ether oxygens (including phenoxy) is 1. The molecule has 1 fully saturated rings. The molecule has 3 heterocycles. The van der Waals surface area contributed by atoms with E-state index in [0.717, 1.165) is 18.7 Å². The quantitative estimate of drug-likeness (QED) is 0.580. The lowest BCUT2D eigenvalue weighted by atomic mass is 10.1. The molecule has 0 aliphatic carbocycles. The zero-order valence-corrected chi connectivity index (χ0v) is 19.4. The second-order valence-electron chi connectivity index (χ2n) is 7.78. The summed E-state index contributed by atoms with van der Waals surface area (Å²) in [4.78, 5) is 16.7. The van der Waals surface area contributed by atoms with Crippen molar-refractivity contribution in [1.29, 1.82) is 0 Å². The minimum Gasteiger partial charge on any atom is -0.379 e. The molecule has 3 aromatic rings. The summed E-state index contributed by atoms with van der Waals surface area (Å²) < 4.78 is 7.19. The monoisotopic (exact) mass is 458 g/mol. The van der Waals surface area contributed by atoms with Crippen molar-refractivity contribution in [2.75, 3.05) is 32.8 Å². The third kappa shape index (κ3) is 5.18. The van der Waals surface area contributed by atoms with Crippen molar-refractivity contribution >= 4 is 28.8 Å². The molecule has 4 rings (SSSR count). The Morgan fingerprint density at radius 2 is 1.97 bits per heavy atom. The largest absolute Gasteiger partial charge is 0.379 e. The average Bonchev–Trinajstić information content (AvgIpc) is 3.39. The molecular weight excluding hydrogens is 432 g/mol. The summed E-state index contributed by atoms with van der Waals surface area (Å²) >= 11 is 8.29. The number of aromatic nitrogens is 2. The summed E-state index contributed by atoms with van der Waals surface area (Å²) in [5.41, 5.74) is 3.37. The van der Waals surface area contributed by atoms with Crippen LogP contribution >= 0.6 is 22.9 Å². The van der Waals surface area contributed by atoms with Gasteiger partial charge in [-0.3, -0.25) is 9.69 Å². The Balaban J connectivity index is 1.47. The van der Waals surface area contributed by atoms with Gasteiger partial charge in [-0.2, -0.15) is 5.10 Å². The number of carbonyl (C=O) groups excluding carboxylic acids is 1. The number of carbonyl (C=O) groups is 1. The van der Waals surface area contributed by atoms with Crippen molar-refractivity contribution in [3.63, 3.8) is 0 Å². The van der Waals surface area contributed by atoms with E-state index in [-0.39, 0.29) is 11.9 Å². The molecule has 1 saturated heterocycles. The van der Waals surface area contributed by atoms with Crippen molar-refractivity contribution in [2.24, 2.45) is 0 Å². The molecule has 1 aliphatic heterocycles. The first-order chi connectivity index (χ1) is 15.0. The lowest BCUT2D eigenvalue weighted by Gasteiger charge is -2.34. The Morgan fingerprint density at radius 1 is 1.23 bits per heavy atom. The van der Waals surface area contributed by atoms with Crippen LogP contribution in [-0.4, -0.2) is 53.4 Å². The highest BCUT2D eigenvalue weighted by Gasteiger charge is 2.26. The molecule has 1 amide bonds. The van der Waals surface area contributed by atoms with Gasteiger partial charge >= 0.3 is 0 Å². The first-order valence-corrected chi connectivity index (χ1v) is 11.7. The van der Waals surface area contributed by atoms with Crippen LogP contribution in [0.4, 0.5) is 0 Å². The van der Waals surface area contributed by atoms with Crippen LogP contribution in [0.1, 0.15) is 38.1 Å². The molecule has 1 aliphatic rings. The number of hydrogen-bond acceptors (Lipinski definition) is 5. The smallest absolute Gasteiger partial charge is 0.256 e. The van der Waals surface area contributed by atoms with Gasteiger partial charge in [-0.1, -0.05) is 47.5 Å². The summed E-state index contributed by atoms with van der Waals surface area (Å²) in [6, 6.07) is 12.5. The molecule has 2 aromatic heterocycles. The summed E-state index contributed by atoms with van der Waals surface area (Å²) in [6.07, 6.45) is 0. The lowest BCUT2D eigenvalue weighted by molar-refractivity contribution is 0.0169. The summed E-state index contributed by atoms with van der Waals surface area (Å²) in [6.45, 7) is 8.05. The predicted molar refractivity (Wildman–Crippen MR) is 124 cm³/mol. The zero-order chi connectivity index (χ0) is 21.8. The molecule has 0 spiro atoms. The standard InChI is InChI=1S/C23H27ClN4O2S/c1-16-5-7-18(8-6-16)15-28-22(24)21(17(2)26-28)23(29)25-14-19(20-4-3-13-31-20)27-9-11-30-12-10-27/h3-8,13,19H,9-12,14-15H2,1-2H3,(H,25,29)/t19-/m1/s1. The van der Waals surface area contributed by atoms with Crippen LogP contribution in [0.3, 0.4) is 0 Å². The number of nitrogens with one attached hydrogen (secondary N) is 1. The molecule has 164 valence electrons. The van der Waals surface area contributed by atoms with Gasteiger partial charge in [0.2, 0.25) is 0 Å². The number of hydrogen-bond donors (Lipinski definition) is 1. The Bertz CT molecular complexity index is 1010. The number of halogens is 1. The van der Waals surface area contributed by atoms with E-state index in [0.29, 0.717) is 42.7 Å². The first-order valence-electron chi connectivity index (χ1n) is 10.4. The van der Waals surface area contributed by atoms with Gasteiger partial charge in [0, 0.05) is 24.5 Å². The predicted octanol–water partition coefficient (Wildman–Crippen LogP) is 4.07. The summed E-state index contributed by atoms with van der Waals surface area (Å²) in [7, 11) is 0. The number of morpholine rings is 1. The van der Waals surface area contributed by atoms with Gasteiger partial charge < -0.3 is 10.1 Å². The molecule has 1 atom stereocenters. The highest BCUT2D eigenvalue weighted by atomic mass is 35.5. The molecule has 6 nitrogen and oxygen atoms in total. The molecule has 0 bridgehead atoms. The number of nitrogens with zero attached hydrogens (tertiary/aromatic N) is 3. The van der Waals surface area contributed by atoms with Crippen LogP contribution in [-0.2, 0) is 11.3 Å². The molecule has 31 heavy (non-hydrogen) atoms. The van der Waals surface area contributed by atoms with Crippen molar-refractivity contribution < 1.29 is 9.53 Å². The summed E-state index contributed by atoms with van der Waals surface area (Å²) in [5.74, 6) is -0.188. The maximum atomic E-state index is 13.1. The van der Waals surface area contributed by atoms with E-state index in [1.807, 2.05) is 13.0 Å². The Kier molecular flexibility index (Phi) is 7.07. The fraction of sp³-hybridized carbons (Fsp3) is 0.391. The van der Waals surface area contributed by atoms with Crippen LogP contribution in [0.15, 0.2) is 41.8 Å². The number of amides is 1. The van der Waals surface area contributed by atoms with E-state index >= 15 is 0 Å². The fourth-order valence-corrected chi connectivity index (χ4v) is 5.02. The zero-order valence-electron chi connectivity index (χ0n) is 17.8. The normalized spacial score (nSPS) is 15.7. The second kappa shape index (κ2) is 9.96. The van der Waals surface area contributed by atoms with E-state index in [1.54, 1.807) is 16.0 Å².